The van der Waals surface area contributed by atoms with E-state index in [1.807, 2.05) is 67.6 Å². The fourth-order valence-corrected chi connectivity index (χ4v) is 5.11. The minimum Gasteiger partial charge on any atom is -0.352 e. The van der Waals surface area contributed by atoms with E-state index < -0.39 is 6.04 Å². The first kappa shape index (κ1) is 25.0. The summed E-state index contributed by atoms with van der Waals surface area (Å²) in [6, 6.07) is 27.3. The summed E-state index contributed by atoms with van der Waals surface area (Å²) in [5.74, 6) is -0.253. The molecule has 3 aromatic carbocycles. The Balaban J connectivity index is 1.60. The number of hydrogen-bond acceptors (Lipinski definition) is 2. The number of rotatable bonds is 9. The smallest absolute Gasteiger partial charge is 0.242 e. The van der Waals surface area contributed by atoms with Gasteiger partial charge in [0.2, 0.25) is 11.8 Å². The van der Waals surface area contributed by atoms with Crippen LogP contribution in [0.5, 0.6) is 0 Å². The van der Waals surface area contributed by atoms with Crippen molar-refractivity contribution in [3.63, 3.8) is 0 Å². The molecule has 35 heavy (non-hydrogen) atoms. The summed E-state index contributed by atoms with van der Waals surface area (Å²) in [7, 11) is 0. The quantitative estimate of drug-likeness (QED) is 0.382. The highest BCUT2D eigenvalue weighted by molar-refractivity contribution is 6.30. The molecule has 0 radical (unpaired) electrons. The maximum absolute atomic E-state index is 13.9. The van der Waals surface area contributed by atoms with Crippen molar-refractivity contribution < 1.29 is 9.59 Å². The number of carbonyl (C=O) groups is 2. The van der Waals surface area contributed by atoms with Gasteiger partial charge in [-0.3, -0.25) is 9.59 Å². The molecular weight excluding hydrogens is 456 g/mol. The molecule has 0 heterocycles. The first-order chi connectivity index (χ1) is 17.0. The van der Waals surface area contributed by atoms with E-state index in [9.17, 15) is 9.59 Å². The Labute approximate surface area is 213 Å². The molecule has 0 saturated heterocycles. The normalized spacial score (nSPS) is 14.6. The second-order valence-electron chi connectivity index (χ2n) is 9.40. The highest BCUT2D eigenvalue weighted by Gasteiger charge is 2.30. The minimum absolute atomic E-state index is 0.0586. The molecule has 1 saturated carbocycles. The topological polar surface area (TPSA) is 49.4 Å². The van der Waals surface area contributed by atoms with Gasteiger partial charge in [-0.05, 0) is 48.6 Å². The van der Waals surface area contributed by atoms with E-state index in [0.717, 1.165) is 42.4 Å². The molecule has 4 rings (SSSR count). The molecule has 182 valence electrons. The van der Waals surface area contributed by atoms with Gasteiger partial charge in [0.05, 0.1) is 0 Å². The van der Waals surface area contributed by atoms with Gasteiger partial charge < -0.3 is 10.2 Å². The van der Waals surface area contributed by atoms with Gasteiger partial charge >= 0.3 is 0 Å². The van der Waals surface area contributed by atoms with Gasteiger partial charge in [0, 0.05) is 29.9 Å². The second kappa shape index (κ2) is 12.0. The van der Waals surface area contributed by atoms with Crippen molar-refractivity contribution >= 4 is 23.4 Å². The highest BCUT2D eigenvalue weighted by atomic mass is 35.5. The van der Waals surface area contributed by atoms with Crippen LogP contribution in [0.15, 0.2) is 84.9 Å². The second-order valence-corrected chi connectivity index (χ2v) is 9.83. The van der Waals surface area contributed by atoms with Crippen molar-refractivity contribution in [3.05, 3.63) is 107 Å². The van der Waals surface area contributed by atoms with Crippen LogP contribution in [-0.2, 0) is 16.1 Å². The van der Waals surface area contributed by atoms with E-state index in [1.165, 1.54) is 0 Å². The number of hydrogen-bond donors (Lipinski definition) is 1. The fourth-order valence-electron chi connectivity index (χ4n) is 4.90. The van der Waals surface area contributed by atoms with Crippen molar-refractivity contribution in [2.75, 3.05) is 0 Å². The highest BCUT2D eigenvalue weighted by Crippen LogP contribution is 2.29. The SMILES string of the molecule is C[C@H](C(=O)NC1CCCC1)N(Cc1cccc(Cl)c1)C(=O)CC(c1ccccc1)c1ccccc1. The summed E-state index contributed by atoms with van der Waals surface area (Å²) in [5.41, 5.74) is 3.07. The zero-order valence-corrected chi connectivity index (χ0v) is 21.0. The number of nitrogens with zero attached hydrogens (tertiary/aromatic N) is 1. The summed E-state index contributed by atoms with van der Waals surface area (Å²) in [6.45, 7) is 2.15. The third-order valence-corrected chi connectivity index (χ3v) is 7.13. The molecule has 1 fully saturated rings. The van der Waals surface area contributed by atoms with Crippen LogP contribution in [0.4, 0.5) is 0 Å². The van der Waals surface area contributed by atoms with Gasteiger partial charge in [0.1, 0.15) is 6.04 Å². The molecule has 4 nitrogen and oxygen atoms in total. The monoisotopic (exact) mass is 488 g/mol. The van der Waals surface area contributed by atoms with Crippen LogP contribution in [0.2, 0.25) is 5.02 Å². The van der Waals surface area contributed by atoms with Crippen molar-refractivity contribution in [1.82, 2.24) is 10.2 Å². The van der Waals surface area contributed by atoms with Gasteiger partial charge in [-0.1, -0.05) is 97.2 Å². The molecule has 0 aliphatic heterocycles. The number of carbonyl (C=O) groups excluding carboxylic acids is 2. The zero-order chi connectivity index (χ0) is 24.6. The molecule has 1 atom stereocenters. The lowest BCUT2D eigenvalue weighted by Crippen LogP contribution is -2.49. The van der Waals surface area contributed by atoms with Crippen molar-refractivity contribution in [3.8, 4) is 0 Å². The van der Waals surface area contributed by atoms with Gasteiger partial charge in [-0.2, -0.15) is 0 Å². The van der Waals surface area contributed by atoms with Crippen LogP contribution in [0.25, 0.3) is 0 Å². The summed E-state index contributed by atoms with van der Waals surface area (Å²) in [5, 5.41) is 3.78. The lowest BCUT2D eigenvalue weighted by Gasteiger charge is -2.31. The largest absolute Gasteiger partial charge is 0.352 e. The predicted octanol–water partition coefficient (Wildman–Crippen LogP) is 6.34. The van der Waals surface area contributed by atoms with Crippen LogP contribution < -0.4 is 5.32 Å². The third kappa shape index (κ3) is 6.73. The Morgan fingerprint density at radius 3 is 2.09 bits per heavy atom. The Bertz CT molecular complexity index is 1070. The molecule has 0 aromatic heterocycles. The molecule has 3 aromatic rings. The Kier molecular flexibility index (Phi) is 8.59. The summed E-state index contributed by atoms with van der Waals surface area (Å²) in [6.07, 6.45) is 4.56. The van der Waals surface area contributed by atoms with Crippen LogP contribution >= 0.6 is 11.6 Å². The minimum atomic E-state index is -0.589. The summed E-state index contributed by atoms with van der Waals surface area (Å²) < 4.78 is 0. The molecule has 5 heteroatoms. The number of benzene rings is 3. The van der Waals surface area contributed by atoms with Crippen molar-refractivity contribution in [2.45, 2.75) is 63.6 Å². The lowest BCUT2D eigenvalue weighted by atomic mass is 9.88. The van der Waals surface area contributed by atoms with Gasteiger partial charge in [-0.25, -0.2) is 0 Å². The first-order valence-electron chi connectivity index (χ1n) is 12.5. The molecule has 0 unspecified atom stereocenters. The van der Waals surface area contributed by atoms with Crippen LogP contribution in [0.1, 0.15) is 61.6 Å². The molecule has 0 bridgehead atoms. The maximum atomic E-state index is 13.9. The maximum Gasteiger partial charge on any atom is 0.242 e. The van der Waals surface area contributed by atoms with Crippen molar-refractivity contribution in [2.24, 2.45) is 0 Å². The first-order valence-corrected chi connectivity index (χ1v) is 12.8. The van der Waals surface area contributed by atoms with Gasteiger partial charge in [0.15, 0.2) is 0 Å². The molecule has 1 aliphatic carbocycles. The Morgan fingerprint density at radius 2 is 1.51 bits per heavy atom. The Morgan fingerprint density at radius 1 is 0.914 bits per heavy atom. The average Bonchev–Trinajstić information content (AvgIpc) is 3.39. The predicted molar refractivity (Wildman–Crippen MR) is 141 cm³/mol. The molecule has 1 N–H and O–H groups in total. The lowest BCUT2D eigenvalue weighted by molar-refractivity contribution is -0.141. The standard InChI is InChI=1S/C30H33ClN2O2/c1-22(30(35)32-27-17-8-9-18-27)33(21-23-11-10-16-26(31)19-23)29(34)20-28(24-12-4-2-5-13-24)25-14-6-3-7-15-25/h2-7,10-16,19,22,27-28H,8-9,17-18,20-21H2,1H3,(H,32,35)/t22-/m1/s1. The Hall–Kier alpha value is -3.11. The number of amides is 2. The van der Waals surface area contributed by atoms with Gasteiger partial charge in [0.25, 0.3) is 0 Å². The van der Waals surface area contributed by atoms with E-state index >= 15 is 0 Å². The summed E-state index contributed by atoms with van der Waals surface area (Å²) >= 11 is 6.23. The van der Waals surface area contributed by atoms with Crippen molar-refractivity contribution in [1.29, 1.82) is 0 Å². The van der Waals surface area contributed by atoms with Crippen LogP contribution in [0.3, 0.4) is 0 Å². The zero-order valence-electron chi connectivity index (χ0n) is 20.2. The van der Waals surface area contributed by atoms with E-state index in [1.54, 1.807) is 4.90 Å². The van der Waals surface area contributed by atoms with Gasteiger partial charge in [-0.15, -0.1) is 0 Å². The molecule has 1 aliphatic rings. The van der Waals surface area contributed by atoms with E-state index in [4.69, 9.17) is 11.6 Å². The van der Waals surface area contributed by atoms with E-state index in [0.29, 0.717) is 11.6 Å². The fraction of sp³-hybridized carbons (Fsp3) is 0.333. The van der Waals surface area contributed by atoms with Crippen LogP contribution in [0, 0.1) is 0 Å². The number of halogens is 1. The molecular formula is C30H33ClN2O2. The third-order valence-electron chi connectivity index (χ3n) is 6.89. The number of nitrogens with one attached hydrogen (secondary N) is 1. The average molecular weight is 489 g/mol. The van der Waals surface area contributed by atoms with Crippen LogP contribution in [-0.4, -0.2) is 28.8 Å². The van der Waals surface area contributed by atoms with E-state index in [2.05, 4.69) is 29.6 Å². The molecule has 0 spiro atoms. The summed E-state index contributed by atoms with van der Waals surface area (Å²) in [4.78, 5) is 28.8. The van der Waals surface area contributed by atoms with E-state index in [-0.39, 0.29) is 30.2 Å². The molecule has 2 amide bonds.